The van der Waals surface area contributed by atoms with Gasteiger partial charge in [-0.05, 0) is 49.9 Å². The van der Waals surface area contributed by atoms with E-state index < -0.39 is 11.0 Å². The molecule has 24 heavy (non-hydrogen) atoms. The first-order valence-electron chi connectivity index (χ1n) is 9.25. The molecule has 4 aliphatic carbocycles. The molecule has 132 valence electrons. The van der Waals surface area contributed by atoms with Crippen molar-refractivity contribution in [2.24, 2.45) is 33.7 Å². The topological polar surface area (TPSA) is 87.0 Å². The fraction of sp³-hybridized carbons (Fsp3) is 0.842. The Hall–Kier alpha value is -1.23. The number of hydrogen-bond donors (Lipinski definition) is 2. The third-order valence-corrected chi connectivity index (χ3v) is 8.31. The van der Waals surface area contributed by atoms with Gasteiger partial charge in [-0.1, -0.05) is 19.0 Å². The van der Waals surface area contributed by atoms with E-state index in [0.29, 0.717) is 43.1 Å². The van der Waals surface area contributed by atoms with Crippen LogP contribution in [0.4, 0.5) is 0 Å². The number of fused-ring (bicyclic) bond motifs is 5. The van der Waals surface area contributed by atoms with Gasteiger partial charge < -0.3 is 10.3 Å². The molecular weight excluding hydrogens is 306 g/mol. The van der Waals surface area contributed by atoms with E-state index in [9.17, 15) is 19.9 Å². The zero-order chi connectivity index (χ0) is 17.3. The maximum absolute atomic E-state index is 12.5. The Morgan fingerprint density at radius 1 is 1.08 bits per heavy atom. The van der Waals surface area contributed by atoms with Crippen LogP contribution in [0.25, 0.3) is 0 Å². The summed E-state index contributed by atoms with van der Waals surface area (Å²) < 4.78 is 0. The second kappa shape index (κ2) is 4.90. The van der Waals surface area contributed by atoms with Gasteiger partial charge in [-0.3, -0.25) is 9.59 Å². The molecule has 0 spiro atoms. The van der Waals surface area contributed by atoms with Crippen LogP contribution in [-0.2, 0) is 9.59 Å². The Morgan fingerprint density at radius 3 is 2.54 bits per heavy atom. The average Bonchev–Trinajstić information content (AvgIpc) is 2.84. The van der Waals surface area contributed by atoms with Gasteiger partial charge in [-0.15, -0.1) is 0 Å². The summed E-state index contributed by atoms with van der Waals surface area (Å²) in [6, 6.07) is 0. The van der Waals surface area contributed by atoms with Crippen LogP contribution in [0.15, 0.2) is 5.16 Å². The first-order chi connectivity index (χ1) is 11.3. The predicted molar refractivity (Wildman–Crippen MR) is 87.8 cm³/mol. The van der Waals surface area contributed by atoms with Crippen LogP contribution in [0.3, 0.4) is 0 Å². The largest absolute Gasteiger partial charge is 0.411 e. The molecule has 4 saturated carbocycles. The molecule has 2 N–H and O–H groups in total. The predicted octanol–water partition coefficient (Wildman–Crippen LogP) is 2.72. The molecule has 6 atom stereocenters. The number of oxime groups is 1. The van der Waals surface area contributed by atoms with Gasteiger partial charge in [0.15, 0.2) is 0 Å². The van der Waals surface area contributed by atoms with E-state index in [1.807, 2.05) is 0 Å². The van der Waals surface area contributed by atoms with Crippen LogP contribution in [0.2, 0.25) is 0 Å². The summed E-state index contributed by atoms with van der Waals surface area (Å²) >= 11 is 0. The van der Waals surface area contributed by atoms with Crippen LogP contribution >= 0.6 is 0 Å². The van der Waals surface area contributed by atoms with Gasteiger partial charge in [0.1, 0.15) is 17.2 Å². The smallest absolute Gasteiger partial charge is 0.139 e. The van der Waals surface area contributed by atoms with Gasteiger partial charge in [-0.2, -0.15) is 0 Å². The van der Waals surface area contributed by atoms with Gasteiger partial charge in [0.05, 0.1) is 5.71 Å². The molecule has 4 fully saturated rings. The van der Waals surface area contributed by atoms with Crippen molar-refractivity contribution in [2.45, 2.75) is 70.8 Å². The SMILES string of the molecule is C[C@]12CC[C@H]3[C@@H](C/C(=N/O)[C@@]4(O)CC(=O)CC[C@]34C)[C@@H]1CCC2=O. The Kier molecular flexibility index (Phi) is 3.32. The lowest BCUT2D eigenvalue weighted by Crippen LogP contribution is -2.66. The second-order valence-corrected chi connectivity index (χ2v) is 9.04. The van der Waals surface area contributed by atoms with Gasteiger partial charge in [0.2, 0.25) is 0 Å². The lowest BCUT2D eigenvalue weighted by molar-refractivity contribution is -0.162. The van der Waals surface area contributed by atoms with Crippen molar-refractivity contribution in [1.82, 2.24) is 0 Å². The quantitative estimate of drug-likeness (QED) is 0.527. The van der Waals surface area contributed by atoms with Crippen LogP contribution < -0.4 is 0 Å². The maximum atomic E-state index is 12.5. The summed E-state index contributed by atoms with van der Waals surface area (Å²) in [5, 5.41) is 24.4. The summed E-state index contributed by atoms with van der Waals surface area (Å²) in [5.74, 6) is 1.27. The van der Waals surface area contributed by atoms with E-state index in [1.165, 1.54) is 0 Å². The minimum absolute atomic E-state index is 0.0475. The third-order valence-electron chi connectivity index (χ3n) is 8.31. The maximum Gasteiger partial charge on any atom is 0.139 e. The van der Waals surface area contributed by atoms with E-state index in [4.69, 9.17) is 0 Å². The molecule has 5 nitrogen and oxygen atoms in total. The highest BCUT2D eigenvalue weighted by atomic mass is 16.4. The molecule has 0 aromatic carbocycles. The number of rotatable bonds is 0. The van der Waals surface area contributed by atoms with Crippen molar-refractivity contribution in [3.63, 3.8) is 0 Å². The lowest BCUT2D eigenvalue weighted by atomic mass is 9.43. The van der Waals surface area contributed by atoms with Gasteiger partial charge in [-0.25, -0.2) is 0 Å². The number of hydrogen-bond acceptors (Lipinski definition) is 5. The minimum atomic E-state index is -1.32. The molecular formula is C19H27NO4. The number of nitrogens with zero attached hydrogens (tertiary/aromatic N) is 1. The highest BCUT2D eigenvalue weighted by Crippen LogP contribution is 2.65. The Labute approximate surface area is 142 Å². The fourth-order valence-electron chi connectivity index (χ4n) is 6.76. The zero-order valence-electron chi connectivity index (χ0n) is 14.5. The molecule has 0 aromatic rings. The summed E-state index contributed by atoms with van der Waals surface area (Å²) in [5.41, 5.74) is -1.66. The number of carbonyl (C=O) groups is 2. The van der Waals surface area contributed by atoms with Gasteiger partial charge in [0, 0.05) is 30.1 Å². The Bertz CT molecular complexity index is 643. The summed E-state index contributed by atoms with van der Waals surface area (Å²) in [7, 11) is 0. The number of carbonyl (C=O) groups excluding carboxylic acids is 2. The van der Waals surface area contributed by atoms with E-state index in [0.717, 1.165) is 19.3 Å². The molecule has 0 saturated heterocycles. The van der Waals surface area contributed by atoms with Crippen molar-refractivity contribution in [3.8, 4) is 0 Å². The minimum Gasteiger partial charge on any atom is -0.411 e. The number of ketones is 2. The van der Waals surface area contributed by atoms with Gasteiger partial charge in [0.25, 0.3) is 0 Å². The molecule has 0 unspecified atom stereocenters. The summed E-state index contributed by atoms with van der Waals surface area (Å²) in [4.78, 5) is 24.5. The summed E-state index contributed by atoms with van der Waals surface area (Å²) in [6.07, 6.45) is 5.04. The van der Waals surface area contributed by atoms with Crippen molar-refractivity contribution >= 4 is 17.3 Å². The monoisotopic (exact) mass is 333 g/mol. The molecule has 4 rings (SSSR count). The zero-order valence-corrected chi connectivity index (χ0v) is 14.5. The van der Waals surface area contributed by atoms with E-state index in [2.05, 4.69) is 19.0 Å². The van der Waals surface area contributed by atoms with E-state index >= 15 is 0 Å². The van der Waals surface area contributed by atoms with Crippen LogP contribution in [0.1, 0.15) is 65.2 Å². The first kappa shape index (κ1) is 16.2. The molecule has 0 radical (unpaired) electrons. The average molecular weight is 333 g/mol. The number of aliphatic hydroxyl groups is 1. The highest BCUT2D eigenvalue weighted by molar-refractivity contribution is 5.99. The molecule has 4 aliphatic rings. The summed E-state index contributed by atoms with van der Waals surface area (Å²) in [6.45, 7) is 4.17. The molecule has 0 aromatic heterocycles. The third kappa shape index (κ3) is 1.77. The highest BCUT2D eigenvalue weighted by Gasteiger charge is 2.67. The molecule has 0 heterocycles. The first-order valence-corrected chi connectivity index (χ1v) is 9.25. The van der Waals surface area contributed by atoms with Crippen molar-refractivity contribution in [3.05, 3.63) is 0 Å². The van der Waals surface area contributed by atoms with Crippen molar-refractivity contribution in [2.75, 3.05) is 0 Å². The Morgan fingerprint density at radius 2 is 1.83 bits per heavy atom. The fourth-order valence-corrected chi connectivity index (χ4v) is 6.76. The van der Waals surface area contributed by atoms with E-state index in [1.54, 1.807) is 0 Å². The Balaban J connectivity index is 1.78. The van der Waals surface area contributed by atoms with Crippen LogP contribution in [0.5, 0.6) is 0 Å². The molecule has 0 bridgehead atoms. The standard InChI is InChI=1S/C19H27NO4/c1-17-7-6-14-12(13(17)3-4-16(17)22)9-15(20-24)19(23)10-11(21)5-8-18(14,19)2/h12-14,23-24H,3-10H2,1-2H3/b20-15-/t12-,13-,14-,17-,18+,19-/m0/s1. The molecule has 0 aliphatic heterocycles. The van der Waals surface area contributed by atoms with Crippen LogP contribution in [0, 0.1) is 28.6 Å². The van der Waals surface area contributed by atoms with E-state index in [-0.39, 0.29) is 29.5 Å². The molecule has 0 amide bonds. The van der Waals surface area contributed by atoms with Crippen LogP contribution in [-0.4, -0.2) is 33.2 Å². The van der Waals surface area contributed by atoms with Crippen molar-refractivity contribution < 1.29 is 19.9 Å². The van der Waals surface area contributed by atoms with Crippen molar-refractivity contribution in [1.29, 1.82) is 0 Å². The second-order valence-electron chi connectivity index (χ2n) is 9.04. The number of Topliss-reactive ketones (excluding diaryl/α,β-unsaturated/α-hetero) is 2. The lowest BCUT2D eigenvalue weighted by Gasteiger charge is -2.62. The normalized spacial score (nSPS) is 52.8. The van der Waals surface area contributed by atoms with Gasteiger partial charge >= 0.3 is 0 Å². The molecule has 5 heteroatoms.